The zero-order valence-corrected chi connectivity index (χ0v) is 9.07. The molecule has 80 valence electrons. The van der Waals surface area contributed by atoms with Crippen LogP contribution >= 0.6 is 0 Å². The maximum atomic E-state index is 8.92. The number of nitrogens with one attached hydrogen (secondary N) is 1. The molecule has 0 aliphatic heterocycles. The summed E-state index contributed by atoms with van der Waals surface area (Å²) >= 11 is 0. The number of nitriles is 1. The Kier molecular flexibility index (Phi) is 4.29. The number of hydrogen-bond acceptors (Lipinski definition) is 3. The second-order valence-corrected chi connectivity index (χ2v) is 3.71. The average molecular weight is 204 g/mol. The Morgan fingerprint density at radius 3 is 2.80 bits per heavy atom. The Labute approximate surface area is 90.4 Å². The van der Waals surface area contributed by atoms with E-state index in [1.54, 1.807) is 6.07 Å². The second-order valence-electron chi connectivity index (χ2n) is 3.71. The maximum Gasteiger partial charge on any atom is 0.0991 e. The van der Waals surface area contributed by atoms with Crippen molar-refractivity contribution >= 4 is 0 Å². The highest BCUT2D eigenvalue weighted by Crippen LogP contribution is 2.14. The topological polar surface area (TPSA) is 56.0 Å². The monoisotopic (exact) mass is 204 g/mol. The fourth-order valence-electron chi connectivity index (χ4n) is 1.45. The Bertz CT molecular complexity index is 357. The first-order valence-electron chi connectivity index (χ1n) is 5.04. The van der Waals surface area contributed by atoms with Crippen LogP contribution in [-0.4, -0.2) is 17.8 Å². The Morgan fingerprint density at radius 2 is 2.20 bits per heavy atom. The van der Waals surface area contributed by atoms with Gasteiger partial charge in [-0.1, -0.05) is 12.1 Å². The van der Waals surface area contributed by atoms with Crippen LogP contribution in [0.2, 0.25) is 0 Å². The van der Waals surface area contributed by atoms with Gasteiger partial charge in [-0.3, -0.25) is 0 Å². The van der Waals surface area contributed by atoms with Crippen molar-refractivity contribution in [1.82, 2.24) is 5.32 Å². The molecule has 0 aromatic heterocycles. The van der Waals surface area contributed by atoms with Gasteiger partial charge in [0, 0.05) is 12.1 Å². The standard InChI is InChI=1S/C12H16N2O/c1-9(8-15)14-10(2)12-5-3-4-11(6-12)7-13/h3-6,9-10,14-15H,8H2,1-2H3/t9-,10-/m1/s1. The minimum Gasteiger partial charge on any atom is -0.395 e. The SMILES string of the molecule is C[C@H](CO)N[C@H](C)c1cccc(C#N)c1. The van der Waals surface area contributed by atoms with E-state index in [2.05, 4.69) is 11.4 Å². The number of nitrogens with zero attached hydrogens (tertiary/aromatic N) is 1. The lowest BCUT2D eigenvalue weighted by atomic mass is 10.1. The molecule has 0 heterocycles. The molecule has 1 aromatic rings. The average Bonchev–Trinajstić information content (AvgIpc) is 2.28. The van der Waals surface area contributed by atoms with Crippen LogP contribution in [-0.2, 0) is 0 Å². The van der Waals surface area contributed by atoms with Gasteiger partial charge in [-0.05, 0) is 31.5 Å². The van der Waals surface area contributed by atoms with Gasteiger partial charge in [0.1, 0.15) is 0 Å². The number of hydrogen-bond donors (Lipinski definition) is 2. The fraction of sp³-hybridized carbons (Fsp3) is 0.417. The summed E-state index contributed by atoms with van der Waals surface area (Å²) in [7, 11) is 0. The molecule has 0 saturated heterocycles. The predicted molar refractivity (Wildman–Crippen MR) is 59.3 cm³/mol. The van der Waals surface area contributed by atoms with Crippen molar-refractivity contribution in [1.29, 1.82) is 5.26 Å². The van der Waals surface area contributed by atoms with Gasteiger partial charge in [0.2, 0.25) is 0 Å². The predicted octanol–water partition coefficient (Wildman–Crippen LogP) is 1.59. The lowest BCUT2D eigenvalue weighted by Gasteiger charge is -2.18. The molecule has 2 atom stereocenters. The van der Waals surface area contributed by atoms with Crippen LogP contribution in [0.4, 0.5) is 0 Å². The summed E-state index contributed by atoms with van der Waals surface area (Å²) in [5, 5.41) is 20.9. The van der Waals surface area contributed by atoms with Crippen molar-refractivity contribution in [2.24, 2.45) is 0 Å². The highest BCUT2D eigenvalue weighted by Gasteiger charge is 2.08. The molecule has 0 spiro atoms. The van der Waals surface area contributed by atoms with Gasteiger partial charge in [0.05, 0.1) is 18.2 Å². The first-order valence-corrected chi connectivity index (χ1v) is 5.04. The molecule has 0 aliphatic rings. The lowest BCUT2D eigenvalue weighted by Crippen LogP contribution is -2.31. The first kappa shape index (κ1) is 11.7. The molecule has 2 N–H and O–H groups in total. The van der Waals surface area contributed by atoms with Crippen LogP contribution in [0.5, 0.6) is 0 Å². The van der Waals surface area contributed by atoms with E-state index < -0.39 is 0 Å². The van der Waals surface area contributed by atoms with Gasteiger partial charge in [-0.15, -0.1) is 0 Å². The molecular weight excluding hydrogens is 188 g/mol. The number of benzene rings is 1. The Balaban J connectivity index is 2.73. The van der Waals surface area contributed by atoms with Gasteiger partial charge in [0.15, 0.2) is 0 Å². The maximum absolute atomic E-state index is 8.92. The molecule has 0 bridgehead atoms. The van der Waals surface area contributed by atoms with Crippen LogP contribution in [0.25, 0.3) is 0 Å². The van der Waals surface area contributed by atoms with Crippen LogP contribution < -0.4 is 5.32 Å². The van der Waals surface area contributed by atoms with Gasteiger partial charge >= 0.3 is 0 Å². The summed E-state index contributed by atoms with van der Waals surface area (Å²) in [5.41, 5.74) is 1.73. The minimum absolute atomic E-state index is 0.0609. The molecule has 1 rings (SSSR count). The fourth-order valence-corrected chi connectivity index (χ4v) is 1.45. The Morgan fingerprint density at radius 1 is 1.47 bits per heavy atom. The number of aliphatic hydroxyl groups excluding tert-OH is 1. The highest BCUT2D eigenvalue weighted by atomic mass is 16.3. The molecule has 3 heteroatoms. The molecule has 0 unspecified atom stereocenters. The second kappa shape index (κ2) is 5.50. The van der Waals surface area contributed by atoms with E-state index in [0.29, 0.717) is 5.56 Å². The quantitative estimate of drug-likeness (QED) is 0.783. The molecule has 1 aromatic carbocycles. The summed E-state index contributed by atoms with van der Waals surface area (Å²) in [5.74, 6) is 0. The molecule has 0 aliphatic carbocycles. The molecule has 0 radical (unpaired) electrons. The molecule has 0 saturated carbocycles. The number of aliphatic hydroxyl groups is 1. The van der Waals surface area contributed by atoms with Gasteiger partial charge < -0.3 is 10.4 Å². The third-order valence-electron chi connectivity index (χ3n) is 2.32. The summed E-state index contributed by atoms with van der Waals surface area (Å²) in [6, 6.07) is 9.80. The van der Waals surface area contributed by atoms with Crippen molar-refractivity contribution in [3.05, 3.63) is 35.4 Å². The van der Waals surface area contributed by atoms with Crippen molar-refractivity contribution in [2.75, 3.05) is 6.61 Å². The van der Waals surface area contributed by atoms with Crippen molar-refractivity contribution < 1.29 is 5.11 Å². The lowest BCUT2D eigenvalue weighted by molar-refractivity contribution is 0.243. The largest absolute Gasteiger partial charge is 0.395 e. The van der Waals surface area contributed by atoms with Crippen LogP contribution in [0.1, 0.15) is 31.0 Å². The van der Waals surface area contributed by atoms with Crippen LogP contribution in [0.15, 0.2) is 24.3 Å². The summed E-state index contributed by atoms with van der Waals surface area (Å²) in [4.78, 5) is 0. The van der Waals surface area contributed by atoms with Gasteiger partial charge in [0.25, 0.3) is 0 Å². The smallest absolute Gasteiger partial charge is 0.0991 e. The van der Waals surface area contributed by atoms with Gasteiger partial charge in [-0.25, -0.2) is 0 Å². The minimum atomic E-state index is 0.0609. The van der Waals surface area contributed by atoms with E-state index in [4.69, 9.17) is 10.4 Å². The summed E-state index contributed by atoms with van der Waals surface area (Å²) in [6.45, 7) is 4.05. The Hall–Kier alpha value is -1.37. The van der Waals surface area contributed by atoms with Crippen molar-refractivity contribution in [2.45, 2.75) is 25.9 Å². The third kappa shape index (κ3) is 3.35. The summed E-state index contributed by atoms with van der Waals surface area (Å²) < 4.78 is 0. The van der Waals surface area contributed by atoms with E-state index >= 15 is 0 Å². The molecule has 15 heavy (non-hydrogen) atoms. The number of rotatable bonds is 4. The molecule has 3 nitrogen and oxygen atoms in total. The van der Waals surface area contributed by atoms with Crippen molar-refractivity contribution in [3.63, 3.8) is 0 Å². The van der Waals surface area contributed by atoms with E-state index in [1.807, 2.05) is 32.0 Å². The molecule has 0 fully saturated rings. The van der Waals surface area contributed by atoms with E-state index in [-0.39, 0.29) is 18.7 Å². The zero-order chi connectivity index (χ0) is 11.3. The van der Waals surface area contributed by atoms with Crippen LogP contribution in [0, 0.1) is 11.3 Å². The van der Waals surface area contributed by atoms with E-state index in [9.17, 15) is 0 Å². The third-order valence-corrected chi connectivity index (χ3v) is 2.32. The van der Waals surface area contributed by atoms with E-state index in [0.717, 1.165) is 5.56 Å². The van der Waals surface area contributed by atoms with Gasteiger partial charge in [-0.2, -0.15) is 5.26 Å². The zero-order valence-electron chi connectivity index (χ0n) is 9.07. The summed E-state index contributed by atoms with van der Waals surface area (Å²) in [6.07, 6.45) is 0. The highest BCUT2D eigenvalue weighted by molar-refractivity contribution is 5.34. The molecule has 0 amide bonds. The van der Waals surface area contributed by atoms with Crippen LogP contribution in [0.3, 0.4) is 0 Å². The van der Waals surface area contributed by atoms with Crippen molar-refractivity contribution in [3.8, 4) is 6.07 Å². The molecular formula is C12H16N2O. The normalized spacial score (nSPS) is 14.3. The first-order chi connectivity index (χ1) is 7.17. The van der Waals surface area contributed by atoms with E-state index in [1.165, 1.54) is 0 Å².